The molecule has 5 heteroatoms. The van der Waals surface area contributed by atoms with E-state index in [0.717, 1.165) is 63.2 Å². The third-order valence-electron chi connectivity index (χ3n) is 6.06. The Balaban J connectivity index is 1.74. The largest absolute Gasteiger partial charge is 0.340 e. The molecule has 0 N–H and O–H groups in total. The first-order valence-corrected chi connectivity index (χ1v) is 11.4. The minimum absolute atomic E-state index is 0.111. The second-order valence-electron chi connectivity index (χ2n) is 9.03. The number of rotatable bonds is 8. The molecule has 1 saturated heterocycles. The summed E-state index contributed by atoms with van der Waals surface area (Å²) in [4.78, 5) is 22.7. The Hall–Kier alpha value is -1.88. The predicted octanol–water partition coefficient (Wildman–Crippen LogP) is 4.87. The van der Waals surface area contributed by atoms with Crippen molar-refractivity contribution in [1.82, 2.24) is 19.4 Å². The third-order valence-corrected chi connectivity index (χ3v) is 6.06. The van der Waals surface area contributed by atoms with Gasteiger partial charge in [0.15, 0.2) is 0 Å². The summed E-state index contributed by atoms with van der Waals surface area (Å²) >= 11 is 0. The molecule has 0 unspecified atom stereocenters. The Bertz CT molecular complexity index is 810. The maximum atomic E-state index is 13.2. The predicted molar refractivity (Wildman–Crippen MR) is 120 cm³/mol. The molecule has 1 aromatic heterocycles. The van der Waals surface area contributed by atoms with Crippen molar-refractivity contribution in [3.63, 3.8) is 0 Å². The molecular weight excluding hydrogens is 360 g/mol. The number of benzene rings is 1. The molecule has 160 valence electrons. The molecule has 3 rings (SSSR count). The zero-order valence-corrected chi connectivity index (χ0v) is 18.9. The van der Waals surface area contributed by atoms with Crippen LogP contribution >= 0.6 is 0 Å². The lowest BCUT2D eigenvalue weighted by atomic mass is 9.95. The van der Waals surface area contributed by atoms with E-state index in [4.69, 9.17) is 4.98 Å². The minimum Gasteiger partial charge on any atom is -0.340 e. The van der Waals surface area contributed by atoms with Crippen molar-refractivity contribution in [2.45, 2.75) is 78.9 Å². The molecular formula is C24H38N4O. The van der Waals surface area contributed by atoms with Crippen LogP contribution in [0.5, 0.6) is 0 Å². The number of carbonyl (C=O) groups excluding carboxylic acids is 1. The fourth-order valence-corrected chi connectivity index (χ4v) is 4.57. The maximum Gasteiger partial charge on any atom is 0.227 e. The van der Waals surface area contributed by atoms with E-state index in [1.807, 2.05) is 0 Å². The van der Waals surface area contributed by atoms with Crippen LogP contribution in [-0.2, 0) is 11.3 Å². The lowest BCUT2D eigenvalue weighted by Gasteiger charge is -2.36. The van der Waals surface area contributed by atoms with Gasteiger partial charge in [0, 0.05) is 25.2 Å². The number of likely N-dealkylation sites (tertiary alicyclic amines) is 1. The van der Waals surface area contributed by atoms with E-state index in [9.17, 15) is 4.79 Å². The summed E-state index contributed by atoms with van der Waals surface area (Å²) in [5.74, 6) is 1.57. The standard InChI is InChI=1S/C24H38N4O/c1-6-7-15-27(18(2)3)24(29)20-11-10-14-26(16-20)17-23-25-21-12-8-9-13-22(21)28(23)19(4)5/h8-9,12-13,18-20H,6-7,10-11,14-17H2,1-5H3/t20-/m1/s1. The average Bonchev–Trinajstić information content (AvgIpc) is 3.06. The number of amides is 1. The van der Waals surface area contributed by atoms with Crippen LogP contribution in [0.2, 0.25) is 0 Å². The van der Waals surface area contributed by atoms with Gasteiger partial charge in [0.2, 0.25) is 5.91 Å². The normalized spacial score (nSPS) is 18.1. The van der Waals surface area contributed by atoms with Crippen molar-refractivity contribution in [2.24, 2.45) is 5.92 Å². The maximum absolute atomic E-state index is 13.2. The second-order valence-corrected chi connectivity index (χ2v) is 9.03. The molecule has 2 heterocycles. The highest BCUT2D eigenvalue weighted by molar-refractivity contribution is 5.79. The van der Waals surface area contributed by atoms with Crippen LogP contribution < -0.4 is 0 Å². The van der Waals surface area contributed by atoms with E-state index < -0.39 is 0 Å². The van der Waals surface area contributed by atoms with Crippen LogP contribution in [0.4, 0.5) is 0 Å². The van der Waals surface area contributed by atoms with Crippen LogP contribution in [0.15, 0.2) is 24.3 Å². The topological polar surface area (TPSA) is 41.4 Å². The summed E-state index contributed by atoms with van der Waals surface area (Å²) in [7, 11) is 0. The van der Waals surface area contributed by atoms with Crippen molar-refractivity contribution >= 4 is 16.9 Å². The number of unbranched alkanes of at least 4 members (excludes halogenated alkanes) is 1. The van der Waals surface area contributed by atoms with Gasteiger partial charge < -0.3 is 9.47 Å². The van der Waals surface area contributed by atoms with E-state index >= 15 is 0 Å². The number of imidazole rings is 1. The second kappa shape index (κ2) is 9.75. The Kier molecular flexibility index (Phi) is 7.33. The van der Waals surface area contributed by atoms with Gasteiger partial charge in [-0.25, -0.2) is 4.98 Å². The van der Waals surface area contributed by atoms with Gasteiger partial charge in [-0.2, -0.15) is 0 Å². The van der Waals surface area contributed by atoms with Gasteiger partial charge in [-0.15, -0.1) is 0 Å². The highest BCUT2D eigenvalue weighted by Crippen LogP contribution is 2.25. The molecule has 0 saturated carbocycles. The Morgan fingerprint density at radius 1 is 1.24 bits per heavy atom. The third kappa shape index (κ3) is 5.00. The summed E-state index contributed by atoms with van der Waals surface area (Å²) in [5.41, 5.74) is 2.26. The van der Waals surface area contributed by atoms with Crippen LogP contribution in [-0.4, -0.2) is 50.9 Å². The van der Waals surface area contributed by atoms with E-state index in [-0.39, 0.29) is 12.0 Å². The first kappa shape index (κ1) is 21.8. The number of nitrogens with zero attached hydrogens (tertiary/aromatic N) is 4. The number of carbonyl (C=O) groups is 1. The molecule has 0 aliphatic carbocycles. The van der Waals surface area contributed by atoms with Gasteiger partial charge in [-0.05, 0) is 65.6 Å². The zero-order valence-electron chi connectivity index (χ0n) is 18.9. The van der Waals surface area contributed by atoms with Crippen LogP contribution in [0, 0.1) is 5.92 Å². The van der Waals surface area contributed by atoms with Crippen LogP contribution in [0.1, 0.15) is 72.2 Å². The number of aromatic nitrogens is 2. The van der Waals surface area contributed by atoms with E-state index in [1.54, 1.807) is 0 Å². The van der Waals surface area contributed by atoms with Gasteiger partial charge in [0.1, 0.15) is 5.82 Å². The van der Waals surface area contributed by atoms with Crippen molar-refractivity contribution in [3.8, 4) is 0 Å². The molecule has 0 radical (unpaired) electrons. The molecule has 1 aromatic carbocycles. The lowest BCUT2D eigenvalue weighted by molar-refractivity contribution is -0.139. The molecule has 0 spiro atoms. The Labute approximate surface area is 176 Å². The van der Waals surface area contributed by atoms with Crippen LogP contribution in [0.3, 0.4) is 0 Å². The van der Waals surface area contributed by atoms with Gasteiger partial charge in [0.05, 0.1) is 23.5 Å². The van der Waals surface area contributed by atoms with Gasteiger partial charge in [-0.1, -0.05) is 25.5 Å². The highest BCUT2D eigenvalue weighted by atomic mass is 16.2. The molecule has 1 aliphatic rings. The first-order chi connectivity index (χ1) is 13.9. The zero-order chi connectivity index (χ0) is 21.0. The summed E-state index contributed by atoms with van der Waals surface area (Å²) in [5, 5.41) is 0. The lowest BCUT2D eigenvalue weighted by Crippen LogP contribution is -2.47. The minimum atomic E-state index is 0.111. The smallest absolute Gasteiger partial charge is 0.227 e. The van der Waals surface area contributed by atoms with Crippen molar-refractivity contribution in [2.75, 3.05) is 19.6 Å². The molecule has 1 amide bonds. The molecule has 1 aliphatic heterocycles. The van der Waals surface area contributed by atoms with Gasteiger partial charge in [0.25, 0.3) is 0 Å². The SMILES string of the molecule is CCCCN(C(=O)[C@@H]1CCCN(Cc2nc3ccccc3n2C(C)C)C1)C(C)C. The van der Waals surface area contributed by atoms with E-state index in [0.29, 0.717) is 11.9 Å². The number of para-hydroxylation sites is 2. The first-order valence-electron chi connectivity index (χ1n) is 11.4. The highest BCUT2D eigenvalue weighted by Gasteiger charge is 2.31. The van der Waals surface area contributed by atoms with E-state index in [1.165, 1.54) is 5.52 Å². The Morgan fingerprint density at radius 3 is 2.69 bits per heavy atom. The fraction of sp³-hybridized carbons (Fsp3) is 0.667. The number of fused-ring (bicyclic) bond motifs is 1. The van der Waals surface area contributed by atoms with Gasteiger partial charge >= 0.3 is 0 Å². The van der Waals surface area contributed by atoms with Gasteiger partial charge in [-0.3, -0.25) is 9.69 Å². The summed E-state index contributed by atoms with van der Waals surface area (Å²) in [6.07, 6.45) is 4.29. The number of hydrogen-bond donors (Lipinski definition) is 0. The average molecular weight is 399 g/mol. The monoisotopic (exact) mass is 398 g/mol. The quantitative estimate of drug-likeness (QED) is 0.637. The number of hydrogen-bond acceptors (Lipinski definition) is 3. The van der Waals surface area contributed by atoms with Crippen molar-refractivity contribution in [1.29, 1.82) is 0 Å². The summed E-state index contributed by atoms with van der Waals surface area (Å²) in [6, 6.07) is 9.02. The van der Waals surface area contributed by atoms with Crippen LogP contribution in [0.25, 0.3) is 11.0 Å². The van der Waals surface area contributed by atoms with Crippen molar-refractivity contribution < 1.29 is 4.79 Å². The summed E-state index contributed by atoms with van der Waals surface area (Å²) < 4.78 is 2.35. The molecule has 5 nitrogen and oxygen atoms in total. The fourth-order valence-electron chi connectivity index (χ4n) is 4.57. The Morgan fingerprint density at radius 2 is 2.00 bits per heavy atom. The molecule has 2 aromatic rings. The van der Waals surface area contributed by atoms with Crippen molar-refractivity contribution in [3.05, 3.63) is 30.1 Å². The van der Waals surface area contributed by atoms with E-state index in [2.05, 4.69) is 73.3 Å². The molecule has 1 fully saturated rings. The summed E-state index contributed by atoms with van der Waals surface area (Å²) in [6.45, 7) is 14.5. The molecule has 1 atom stereocenters. The molecule has 29 heavy (non-hydrogen) atoms. The number of piperidine rings is 1. The molecule has 0 bridgehead atoms.